The van der Waals surface area contributed by atoms with Gasteiger partial charge in [0, 0.05) is 25.3 Å². The first kappa shape index (κ1) is 16.0. The Bertz CT molecular complexity index is 558. The number of benzene rings is 2. The number of hydrogen-bond donors (Lipinski definition) is 1. The van der Waals surface area contributed by atoms with E-state index in [0.29, 0.717) is 16.6 Å². The summed E-state index contributed by atoms with van der Waals surface area (Å²) in [5, 5.41) is 4.58. The summed E-state index contributed by atoms with van der Waals surface area (Å²) in [6, 6.07) is 14.1. The molecular weight excluding hydrogens is 303 g/mol. The predicted octanol–water partition coefficient (Wildman–Crippen LogP) is 5.45. The van der Waals surface area contributed by atoms with Crippen LogP contribution in [0.2, 0.25) is 10.0 Å². The number of hydrogen-bond acceptors (Lipinski definition) is 2. The molecule has 4 heteroatoms. The number of para-hydroxylation sites is 1. The second-order valence-corrected chi connectivity index (χ2v) is 5.60. The zero-order valence-corrected chi connectivity index (χ0v) is 13.9. The molecule has 2 rings (SSSR count). The minimum absolute atomic E-state index is 0.641. The Kier molecular flexibility index (Phi) is 5.77. The Morgan fingerprint density at radius 3 is 2.00 bits per heavy atom. The van der Waals surface area contributed by atoms with Crippen LogP contribution in [0, 0.1) is 0 Å². The predicted molar refractivity (Wildman–Crippen MR) is 93.8 cm³/mol. The van der Waals surface area contributed by atoms with Crippen LogP contribution in [-0.4, -0.2) is 13.1 Å². The van der Waals surface area contributed by atoms with Gasteiger partial charge in [-0.2, -0.15) is 0 Å². The number of rotatable bonds is 6. The maximum atomic E-state index is 6.15. The Labute approximate surface area is 136 Å². The summed E-state index contributed by atoms with van der Waals surface area (Å²) in [7, 11) is 0. The van der Waals surface area contributed by atoms with Crippen molar-refractivity contribution in [3.63, 3.8) is 0 Å². The lowest BCUT2D eigenvalue weighted by Crippen LogP contribution is -2.21. The van der Waals surface area contributed by atoms with Gasteiger partial charge in [0.05, 0.1) is 15.7 Å². The molecule has 0 bridgehead atoms. The van der Waals surface area contributed by atoms with Crippen molar-refractivity contribution >= 4 is 34.6 Å². The summed E-state index contributed by atoms with van der Waals surface area (Å²) in [5.41, 5.74) is 3.23. The summed E-state index contributed by atoms with van der Waals surface area (Å²) in [6.07, 6.45) is 0. The van der Waals surface area contributed by atoms with Gasteiger partial charge in [0.15, 0.2) is 0 Å². The Morgan fingerprint density at radius 2 is 1.48 bits per heavy atom. The zero-order chi connectivity index (χ0) is 15.2. The maximum absolute atomic E-state index is 6.15. The molecule has 0 aliphatic carbocycles. The summed E-state index contributed by atoms with van der Waals surface area (Å²) in [6.45, 7) is 7.06. The zero-order valence-electron chi connectivity index (χ0n) is 12.4. The van der Waals surface area contributed by atoms with E-state index >= 15 is 0 Å². The van der Waals surface area contributed by atoms with Gasteiger partial charge in [-0.3, -0.25) is 0 Å². The molecule has 1 N–H and O–H groups in total. The number of anilines is 2. The van der Waals surface area contributed by atoms with Gasteiger partial charge >= 0.3 is 0 Å². The smallest absolute Gasteiger partial charge is 0.0721 e. The molecule has 0 atom stereocenters. The third-order valence-electron chi connectivity index (χ3n) is 3.50. The fourth-order valence-corrected chi connectivity index (χ4v) is 2.80. The average molecular weight is 323 g/mol. The van der Waals surface area contributed by atoms with Gasteiger partial charge in [0.25, 0.3) is 0 Å². The van der Waals surface area contributed by atoms with Crippen LogP contribution in [0.5, 0.6) is 0 Å². The van der Waals surface area contributed by atoms with Crippen LogP contribution in [0.3, 0.4) is 0 Å². The molecule has 0 saturated heterocycles. The lowest BCUT2D eigenvalue weighted by Gasteiger charge is -2.21. The summed E-state index contributed by atoms with van der Waals surface area (Å²) >= 11 is 12.3. The standard InChI is InChI=1S/C17H20Cl2N2/c1-3-21(4-2)14-10-8-13(9-11-14)12-20-17-15(18)6-5-7-16(17)19/h5-11,20H,3-4,12H2,1-2H3. The first-order valence-corrected chi connectivity index (χ1v) is 7.93. The number of nitrogens with zero attached hydrogens (tertiary/aromatic N) is 1. The molecule has 0 amide bonds. The largest absolute Gasteiger partial charge is 0.379 e. The van der Waals surface area contributed by atoms with Gasteiger partial charge in [0.2, 0.25) is 0 Å². The number of nitrogens with one attached hydrogen (secondary N) is 1. The lowest BCUT2D eigenvalue weighted by atomic mass is 10.2. The van der Waals surface area contributed by atoms with Crippen LogP contribution in [0.15, 0.2) is 42.5 Å². The first-order chi connectivity index (χ1) is 10.2. The third-order valence-corrected chi connectivity index (χ3v) is 4.13. The number of halogens is 2. The van der Waals surface area contributed by atoms with Crippen molar-refractivity contribution in [2.45, 2.75) is 20.4 Å². The second-order valence-electron chi connectivity index (χ2n) is 4.79. The topological polar surface area (TPSA) is 15.3 Å². The van der Waals surface area contributed by atoms with E-state index in [2.05, 4.69) is 48.3 Å². The van der Waals surface area contributed by atoms with E-state index in [1.807, 2.05) is 18.2 Å². The van der Waals surface area contributed by atoms with Gasteiger partial charge in [0.1, 0.15) is 0 Å². The monoisotopic (exact) mass is 322 g/mol. The minimum atomic E-state index is 0.641. The van der Waals surface area contributed by atoms with Crippen LogP contribution >= 0.6 is 23.2 Å². The fraction of sp³-hybridized carbons (Fsp3) is 0.294. The van der Waals surface area contributed by atoms with Gasteiger partial charge in [-0.15, -0.1) is 0 Å². The van der Waals surface area contributed by atoms with Crippen molar-refractivity contribution in [1.29, 1.82) is 0 Å². The molecule has 0 radical (unpaired) electrons. The van der Waals surface area contributed by atoms with Crippen LogP contribution in [-0.2, 0) is 6.54 Å². The maximum Gasteiger partial charge on any atom is 0.0721 e. The highest BCUT2D eigenvalue weighted by molar-refractivity contribution is 6.39. The van der Waals surface area contributed by atoms with Crippen LogP contribution < -0.4 is 10.2 Å². The van der Waals surface area contributed by atoms with Gasteiger partial charge in [-0.25, -0.2) is 0 Å². The molecule has 2 aromatic carbocycles. The molecule has 112 valence electrons. The second kappa shape index (κ2) is 7.58. The van der Waals surface area contributed by atoms with Crippen molar-refractivity contribution in [3.8, 4) is 0 Å². The van der Waals surface area contributed by atoms with Gasteiger partial charge in [-0.1, -0.05) is 41.4 Å². The molecule has 0 heterocycles. The van der Waals surface area contributed by atoms with Crippen molar-refractivity contribution in [3.05, 3.63) is 58.1 Å². The Balaban J connectivity index is 2.04. The van der Waals surface area contributed by atoms with Gasteiger partial charge < -0.3 is 10.2 Å². The van der Waals surface area contributed by atoms with E-state index in [0.717, 1.165) is 18.8 Å². The van der Waals surface area contributed by atoms with Crippen molar-refractivity contribution in [1.82, 2.24) is 0 Å². The molecule has 0 unspecified atom stereocenters. The van der Waals surface area contributed by atoms with Crippen molar-refractivity contribution < 1.29 is 0 Å². The molecule has 0 fully saturated rings. The normalized spacial score (nSPS) is 10.5. The third kappa shape index (κ3) is 4.05. The highest BCUT2D eigenvalue weighted by Crippen LogP contribution is 2.30. The first-order valence-electron chi connectivity index (χ1n) is 7.17. The van der Waals surface area contributed by atoms with Crippen LogP contribution in [0.4, 0.5) is 11.4 Å². The Hall–Kier alpha value is -1.38. The quantitative estimate of drug-likeness (QED) is 0.760. The molecule has 0 aliphatic rings. The highest BCUT2D eigenvalue weighted by atomic mass is 35.5. The minimum Gasteiger partial charge on any atom is -0.379 e. The summed E-state index contributed by atoms with van der Waals surface area (Å²) in [5.74, 6) is 0. The summed E-state index contributed by atoms with van der Waals surface area (Å²) < 4.78 is 0. The van der Waals surface area contributed by atoms with E-state index in [4.69, 9.17) is 23.2 Å². The molecule has 21 heavy (non-hydrogen) atoms. The van der Waals surface area contributed by atoms with E-state index in [1.165, 1.54) is 11.3 Å². The molecule has 0 saturated carbocycles. The van der Waals surface area contributed by atoms with Crippen LogP contribution in [0.25, 0.3) is 0 Å². The van der Waals surface area contributed by atoms with E-state index in [1.54, 1.807) is 0 Å². The molecule has 2 aromatic rings. The van der Waals surface area contributed by atoms with Crippen molar-refractivity contribution in [2.75, 3.05) is 23.3 Å². The van der Waals surface area contributed by atoms with E-state index < -0.39 is 0 Å². The molecule has 0 aliphatic heterocycles. The lowest BCUT2D eigenvalue weighted by molar-refractivity contribution is 0.865. The van der Waals surface area contributed by atoms with Crippen LogP contribution in [0.1, 0.15) is 19.4 Å². The average Bonchev–Trinajstić information content (AvgIpc) is 2.49. The van der Waals surface area contributed by atoms with Gasteiger partial charge in [-0.05, 0) is 43.7 Å². The molecule has 0 aromatic heterocycles. The fourth-order valence-electron chi connectivity index (χ4n) is 2.27. The Morgan fingerprint density at radius 1 is 0.905 bits per heavy atom. The molecule has 0 spiro atoms. The van der Waals surface area contributed by atoms with Crippen molar-refractivity contribution in [2.24, 2.45) is 0 Å². The van der Waals surface area contributed by atoms with E-state index in [9.17, 15) is 0 Å². The molecular formula is C17H20Cl2N2. The molecule has 2 nitrogen and oxygen atoms in total. The SMILES string of the molecule is CCN(CC)c1ccc(CNc2c(Cl)cccc2Cl)cc1. The summed E-state index contributed by atoms with van der Waals surface area (Å²) in [4.78, 5) is 2.32. The highest BCUT2D eigenvalue weighted by Gasteiger charge is 2.05. The van der Waals surface area contributed by atoms with E-state index in [-0.39, 0.29) is 0 Å².